The van der Waals surface area contributed by atoms with Crippen molar-refractivity contribution in [3.05, 3.63) is 0 Å². The highest BCUT2D eigenvalue weighted by atomic mass is 16.2. The van der Waals surface area contributed by atoms with Gasteiger partial charge in [0.05, 0.1) is 6.54 Å². The van der Waals surface area contributed by atoms with Crippen LogP contribution >= 0.6 is 0 Å². The van der Waals surface area contributed by atoms with Crippen LogP contribution in [0.1, 0.15) is 20.3 Å². The molecular weight excluding hydrogens is 190 g/mol. The molecule has 1 saturated heterocycles. The van der Waals surface area contributed by atoms with Crippen LogP contribution in [0.2, 0.25) is 0 Å². The van der Waals surface area contributed by atoms with Gasteiger partial charge in [-0.1, -0.05) is 6.92 Å². The van der Waals surface area contributed by atoms with Crippen molar-refractivity contribution in [3.8, 4) is 0 Å². The van der Waals surface area contributed by atoms with Crippen LogP contribution in [0, 0.1) is 0 Å². The van der Waals surface area contributed by atoms with Crippen LogP contribution in [0.3, 0.4) is 0 Å². The average Bonchev–Trinajstić information content (AvgIpc) is 2.21. The molecule has 1 N–H and O–H groups in total. The lowest BCUT2D eigenvalue weighted by atomic mass is 10.2. The third-order valence-corrected chi connectivity index (χ3v) is 2.98. The van der Waals surface area contributed by atoms with Crippen LogP contribution in [-0.2, 0) is 4.79 Å². The van der Waals surface area contributed by atoms with E-state index in [-0.39, 0.29) is 5.91 Å². The van der Waals surface area contributed by atoms with Crippen molar-refractivity contribution in [1.29, 1.82) is 0 Å². The monoisotopic (exact) mass is 213 g/mol. The van der Waals surface area contributed by atoms with Gasteiger partial charge in [-0.05, 0) is 20.4 Å². The van der Waals surface area contributed by atoms with E-state index in [0.29, 0.717) is 12.6 Å². The molecule has 4 nitrogen and oxygen atoms in total. The minimum atomic E-state index is 0.161. The summed E-state index contributed by atoms with van der Waals surface area (Å²) in [6.07, 6.45) is 0.995. The van der Waals surface area contributed by atoms with E-state index in [2.05, 4.69) is 29.1 Å². The van der Waals surface area contributed by atoms with Gasteiger partial charge in [0.2, 0.25) is 5.91 Å². The molecule has 0 bridgehead atoms. The van der Waals surface area contributed by atoms with Crippen molar-refractivity contribution in [2.45, 2.75) is 26.3 Å². The van der Waals surface area contributed by atoms with Crippen LogP contribution in [0.15, 0.2) is 0 Å². The molecule has 1 fully saturated rings. The van der Waals surface area contributed by atoms with Gasteiger partial charge in [0.25, 0.3) is 0 Å². The third kappa shape index (κ3) is 4.62. The van der Waals surface area contributed by atoms with Crippen molar-refractivity contribution in [2.75, 3.05) is 39.8 Å². The van der Waals surface area contributed by atoms with Gasteiger partial charge in [-0.2, -0.15) is 0 Å². The van der Waals surface area contributed by atoms with Crippen molar-refractivity contribution in [3.63, 3.8) is 0 Å². The van der Waals surface area contributed by atoms with E-state index in [1.165, 1.54) is 0 Å². The van der Waals surface area contributed by atoms with Gasteiger partial charge in [0.1, 0.15) is 0 Å². The number of carbonyl (C=O) groups is 1. The highest BCUT2D eigenvalue weighted by Crippen LogP contribution is 1.98. The van der Waals surface area contributed by atoms with Gasteiger partial charge in [0, 0.05) is 32.2 Å². The number of carbonyl (C=O) groups excluding carboxylic acids is 1. The first kappa shape index (κ1) is 12.5. The highest BCUT2D eigenvalue weighted by molar-refractivity contribution is 5.78. The molecule has 1 aliphatic rings. The molecule has 1 aliphatic heterocycles. The lowest BCUT2D eigenvalue weighted by Gasteiger charge is -2.32. The first-order valence-electron chi connectivity index (χ1n) is 5.82. The minimum Gasteiger partial charge on any atom is -0.353 e. The zero-order valence-electron chi connectivity index (χ0n) is 10.1. The number of nitrogens with one attached hydrogen (secondary N) is 1. The summed E-state index contributed by atoms with van der Waals surface area (Å²) in [5.74, 6) is 0.161. The fourth-order valence-electron chi connectivity index (χ4n) is 1.63. The second-order valence-corrected chi connectivity index (χ2v) is 4.46. The number of hydrogen-bond acceptors (Lipinski definition) is 3. The first-order valence-corrected chi connectivity index (χ1v) is 5.82. The Balaban J connectivity index is 2.20. The smallest absolute Gasteiger partial charge is 0.234 e. The largest absolute Gasteiger partial charge is 0.353 e. The zero-order chi connectivity index (χ0) is 11.3. The summed E-state index contributed by atoms with van der Waals surface area (Å²) < 4.78 is 0. The molecule has 0 aromatic rings. The molecule has 0 radical (unpaired) electrons. The van der Waals surface area contributed by atoms with Crippen molar-refractivity contribution >= 4 is 5.91 Å². The van der Waals surface area contributed by atoms with Gasteiger partial charge in [-0.15, -0.1) is 0 Å². The molecule has 0 spiro atoms. The summed E-state index contributed by atoms with van der Waals surface area (Å²) in [6.45, 7) is 8.82. The van der Waals surface area contributed by atoms with Crippen LogP contribution in [0.5, 0.6) is 0 Å². The second kappa shape index (κ2) is 6.08. The van der Waals surface area contributed by atoms with Crippen molar-refractivity contribution in [1.82, 2.24) is 15.1 Å². The number of rotatable bonds is 4. The predicted molar refractivity (Wildman–Crippen MR) is 61.8 cm³/mol. The maximum Gasteiger partial charge on any atom is 0.234 e. The Morgan fingerprint density at radius 3 is 2.47 bits per heavy atom. The summed E-state index contributed by atoms with van der Waals surface area (Å²) in [6, 6.07) is 0.296. The normalized spacial score (nSPS) is 21.3. The molecule has 4 heteroatoms. The van der Waals surface area contributed by atoms with E-state index in [4.69, 9.17) is 0 Å². The number of likely N-dealkylation sites (N-methyl/N-ethyl adjacent to an activating group) is 1. The summed E-state index contributed by atoms with van der Waals surface area (Å²) in [5, 5.41) is 2.99. The predicted octanol–water partition coefficient (Wildman–Crippen LogP) is 0.149. The van der Waals surface area contributed by atoms with E-state index in [0.717, 1.165) is 32.6 Å². The third-order valence-electron chi connectivity index (χ3n) is 2.98. The SMILES string of the molecule is CCC(C)NC(=O)CN1CCN(C)CC1. The Morgan fingerprint density at radius 1 is 1.33 bits per heavy atom. The molecule has 1 heterocycles. The average molecular weight is 213 g/mol. The Hall–Kier alpha value is -0.610. The van der Waals surface area contributed by atoms with Crippen molar-refractivity contribution in [2.24, 2.45) is 0 Å². The Kier molecular flexibility index (Phi) is 5.05. The molecule has 1 rings (SSSR count). The number of nitrogens with zero attached hydrogens (tertiary/aromatic N) is 2. The molecule has 0 saturated carbocycles. The summed E-state index contributed by atoms with van der Waals surface area (Å²) >= 11 is 0. The van der Waals surface area contributed by atoms with E-state index in [1.54, 1.807) is 0 Å². The summed E-state index contributed by atoms with van der Waals surface area (Å²) in [5.41, 5.74) is 0. The fraction of sp³-hybridized carbons (Fsp3) is 0.909. The van der Waals surface area contributed by atoms with Gasteiger partial charge in [-0.25, -0.2) is 0 Å². The molecule has 1 unspecified atom stereocenters. The number of piperazine rings is 1. The Bertz CT molecular complexity index is 200. The lowest BCUT2D eigenvalue weighted by Crippen LogP contribution is -2.49. The van der Waals surface area contributed by atoms with E-state index >= 15 is 0 Å². The number of hydrogen-bond donors (Lipinski definition) is 1. The Labute approximate surface area is 92.6 Å². The van der Waals surface area contributed by atoms with Gasteiger partial charge in [0.15, 0.2) is 0 Å². The van der Waals surface area contributed by atoms with E-state index < -0.39 is 0 Å². The molecule has 0 aromatic carbocycles. The molecular formula is C11H23N3O. The standard InChI is InChI=1S/C11H23N3O/c1-4-10(2)12-11(15)9-14-7-5-13(3)6-8-14/h10H,4-9H2,1-3H3,(H,12,15). The Morgan fingerprint density at radius 2 is 1.93 bits per heavy atom. The van der Waals surface area contributed by atoms with Gasteiger partial charge < -0.3 is 10.2 Å². The maximum absolute atomic E-state index is 11.6. The molecule has 88 valence electrons. The molecule has 15 heavy (non-hydrogen) atoms. The highest BCUT2D eigenvalue weighted by Gasteiger charge is 2.16. The molecule has 0 aliphatic carbocycles. The molecule has 1 amide bonds. The quantitative estimate of drug-likeness (QED) is 0.722. The van der Waals surface area contributed by atoms with Crippen LogP contribution < -0.4 is 5.32 Å². The maximum atomic E-state index is 11.6. The molecule has 0 aromatic heterocycles. The number of amides is 1. The second-order valence-electron chi connectivity index (χ2n) is 4.46. The lowest BCUT2D eigenvalue weighted by molar-refractivity contribution is -0.123. The van der Waals surface area contributed by atoms with Crippen LogP contribution in [0.4, 0.5) is 0 Å². The van der Waals surface area contributed by atoms with Gasteiger partial charge in [-0.3, -0.25) is 9.69 Å². The topological polar surface area (TPSA) is 35.6 Å². The van der Waals surface area contributed by atoms with E-state index in [1.807, 2.05) is 6.92 Å². The summed E-state index contributed by atoms with van der Waals surface area (Å²) in [4.78, 5) is 16.1. The van der Waals surface area contributed by atoms with Crippen LogP contribution in [0.25, 0.3) is 0 Å². The minimum absolute atomic E-state index is 0.161. The first-order chi connectivity index (χ1) is 7.11. The van der Waals surface area contributed by atoms with E-state index in [9.17, 15) is 4.79 Å². The van der Waals surface area contributed by atoms with Crippen LogP contribution in [-0.4, -0.2) is 61.5 Å². The fourth-order valence-corrected chi connectivity index (χ4v) is 1.63. The molecule has 1 atom stereocenters. The summed E-state index contributed by atoms with van der Waals surface area (Å²) in [7, 11) is 2.12. The van der Waals surface area contributed by atoms with Crippen molar-refractivity contribution < 1.29 is 4.79 Å². The zero-order valence-corrected chi connectivity index (χ0v) is 10.1. The van der Waals surface area contributed by atoms with Gasteiger partial charge >= 0.3 is 0 Å².